The van der Waals surface area contributed by atoms with Gasteiger partial charge in [0, 0.05) is 4.47 Å². The fraction of sp³-hybridized carbons (Fsp3) is 0.538. The summed E-state index contributed by atoms with van der Waals surface area (Å²) in [6.07, 6.45) is 4.02. The lowest BCUT2D eigenvalue weighted by atomic mass is 9.90. The molecule has 1 aromatic carbocycles. The van der Waals surface area contributed by atoms with E-state index in [9.17, 15) is 4.39 Å². The standard InChI is InChI=1S/C13H19BrFN/c1-2-4-10(5-3-8-16)12-9-11(14)6-7-13(12)15/h6-7,9-10H,2-5,8,16H2,1H3. The van der Waals surface area contributed by atoms with Crippen molar-refractivity contribution in [1.29, 1.82) is 0 Å². The summed E-state index contributed by atoms with van der Waals surface area (Å²) in [5.74, 6) is 0.199. The van der Waals surface area contributed by atoms with Crippen LogP contribution in [0.25, 0.3) is 0 Å². The molecule has 0 amide bonds. The average molecular weight is 288 g/mol. The van der Waals surface area contributed by atoms with Gasteiger partial charge in [-0.15, -0.1) is 0 Å². The van der Waals surface area contributed by atoms with Crippen LogP contribution in [0, 0.1) is 5.82 Å². The number of nitrogens with two attached hydrogens (primary N) is 1. The summed E-state index contributed by atoms with van der Waals surface area (Å²) in [6, 6.07) is 5.17. The van der Waals surface area contributed by atoms with Gasteiger partial charge >= 0.3 is 0 Å². The van der Waals surface area contributed by atoms with E-state index >= 15 is 0 Å². The summed E-state index contributed by atoms with van der Waals surface area (Å²) in [5, 5.41) is 0. The molecule has 1 atom stereocenters. The van der Waals surface area contributed by atoms with Crippen molar-refractivity contribution in [3.05, 3.63) is 34.1 Å². The molecule has 0 aromatic heterocycles. The molecule has 1 rings (SSSR count). The smallest absolute Gasteiger partial charge is 0.126 e. The minimum atomic E-state index is -0.0985. The lowest BCUT2D eigenvalue weighted by Gasteiger charge is -2.17. The molecule has 0 fully saturated rings. The molecular formula is C13H19BrFN. The first-order chi connectivity index (χ1) is 7.69. The van der Waals surface area contributed by atoms with Gasteiger partial charge in [0.1, 0.15) is 5.82 Å². The van der Waals surface area contributed by atoms with E-state index in [1.807, 2.05) is 6.07 Å². The van der Waals surface area contributed by atoms with Crippen molar-refractivity contribution in [2.75, 3.05) is 6.54 Å². The zero-order valence-electron chi connectivity index (χ0n) is 9.68. The van der Waals surface area contributed by atoms with Gasteiger partial charge in [0.05, 0.1) is 0 Å². The van der Waals surface area contributed by atoms with Crippen LogP contribution in [0.3, 0.4) is 0 Å². The van der Waals surface area contributed by atoms with Gasteiger partial charge in [-0.25, -0.2) is 4.39 Å². The van der Waals surface area contributed by atoms with Gasteiger partial charge in [-0.1, -0.05) is 29.3 Å². The van der Waals surface area contributed by atoms with Gasteiger partial charge in [0.25, 0.3) is 0 Å². The van der Waals surface area contributed by atoms with Crippen molar-refractivity contribution >= 4 is 15.9 Å². The Balaban J connectivity index is 2.85. The SMILES string of the molecule is CCCC(CCCN)c1cc(Br)ccc1F. The molecule has 16 heavy (non-hydrogen) atoms. The lowest BCUT2D eigenvalue weighted by Crippen LogP contribution is -2.06. The van der Waals surface area contributed by atoms with Crippen molar-refractivity contribution in [3.63, 3.8) is 0 Å². The zero-order chi connectivity index (χ0) is 12.0. The maximum Gasteiger partial charge on any atom is 0.126 e. The lowest BCUT2D eigenvalue weighted by molar-refractivity contribution is 0.513. The van der Waals surface area contributed by atoms with Crippen LogP contribution in [0.5, 0.6) is 0 Å². The van der Waals surface area contributed by atoms with Crippen LogP contribution < -0.4 is 5.73 Å². The molecule has 0 saturated heterocycles. The van der Waals surface area contributed by atoms with E-state index in [4.69, 9.17) is 5.73 Å². The minimum absolute atomic E-state index is 0.0985. The normalized spacial score (nSPS) is 12.8. The Morgan fingerprint density at radius 3 is 2.75 bits per heavy atom. The summed E-state index contributed by atoms with van der Waals surface area (Å²) in [4.78, 5) is 0. The molecule has 3 heteroatoms. The molecule has 1 unspecified atom stereocenters. The molecule has 90 valence electrons. The Hall–Kier alpha value is -0.410. The van der Waals surface area contributed by atoms with E-state index in [2.05, 4.69) is 22.9 Å². The number of benzene rings is 1. The van der Waals surface area contributed by atoms with Gasteiger partial charge in [-0.3, -0.25) is 0 Å². The molecule has 0 aliphatic heterocycles. The fourth-order valence-corrected chi connectivity index (χ4v) is 2.37. The van der Waals surface area contributed by atoms with Crippen LogP contribution in [0.2, 0.25) is 0 Å². The monoisotopic (exact) mass is 287 g/mol. The summed E-state index contributed by atoms with van der Waals surface area (Å²) < 4.78 is 14.7. The highest BCUT2D eigenvalue weighted by atomic mass is 79.9. The summed E-state index contributed by atoms with van der Waals surface area (Å²) in [5.41, 5.74) is 6.34. The molecule has 0 spiro atoms. The first-order valence-corrected chi connectivity index (χ1v) is 6.63. The molecule has 1 aromatic rings. The molecule has 0 saturated carbocycles. The van der Waals surface area contributed by atoms with Gasteiger partial charge in [-0.05, 0) is 55.5 Å². The predicted octanol–water partition coefficient (Wildman–Crippen LogP) is 4.21. The number of rotatable bonds is 6. The maximum absolute atomic E-state index is 13.7. The Morgan fingerprint density at radius 1 is 1.38 bits per heavy atom. The van der Waals surface area contributed by atoms with E-state index in [1.165, 1.54) is 6.07 Å². The Bertz CT molecular complexity index is 328. The van der Waals surface area contributed by atoms with Crippen LogP contribution in [-0.4, -0.2) is 6.54 Å². The molecule has 0 aliphatic rings. The third kappa shape index (κ3) is 3.87. The zero-order valence-corrected chi connectivity index (χ0v) is 11.3. The van der Waals surface area contributed by atoms with Gasteiger partial charge < -0.3 is 5.73 Å². The van der Waals surface area contributed by atoms with Gasteiger partial charge in [0.2, 0.25) is 0 Å². The minimum Gasteiger partial charge on any atom is -0.330 e. The Morgan fingerprint density at radius 2 is 2.12 bits per heavy atom. The van der Waals surface area contributed by atoms with Crippen LogP contribution in [0.15, 0.2) is 22.7 Å². The van der Waals surface area contributed by atoms with Crippen LogP contribution in [0.4, 0.5) is 4.39 Å². The highest BCUT2D eigenvalue weighted by Gasteiger charge is 2.14. The second-order valence-corrected chi connectivity index (χ2v) is 5.00. The third-order valence-corrected chi connectivity index (χ3v) is 3.28. The van der Waals surface area contributed by atoms with Crippen molar-refractivity contribution in [3.8, 4) is 0 Å². The molecule has 2 N–H and O–H groups in total. The van der Waals surface area contributed by atoms with E-state index in [-0.39, 0.29) is 5.82 Å². The van der Waals surface area contributed by atoms with E-state index in [0.717, 1.165) is 35.7 Å². The van der Waals surface area contributed by atoms with Gasteiger partial charge in [-0.2, -0.15) is 0 Å². The van der Waals surface area contributed by atoms with Gasteiger partial charge in [0.15, 0.2) is 0 Å². The van der Waals surface area contributed by atoms with E-state index in [0.29, 0.717) is 12.5 Å². The molecule has 0 heterocycles. The molecular weight excluding hydrogens is 269 g/mol. The van der Waals surface area contributed by atoms with Crippen molar-refractivity contribution in [2.45, 2.75) is 38.5 Å². The third-order valence-electron chi connectivity index (χ3n) is 2.79. The average Bonchev–Trinajstić information content (AvgIpc) is 2.28. The number of hydrogen-bond donors (Lipinski definition) is 1. The number of hydrogen-bond acceptors (Lipinski definition) is 1. The molecule has 0 radical (unpaired) electrons. The quantitative estimate of drug-likeness (QED) is 0.833. The largest absolute Gasteiger partial charge is 0.330 e. The second kappa shape index (κ2) is 7.02. The van der Waals surface area contributed by atoms with Crippen LogP contribution in [0.1, 0.15) is 44.1 Å². The maximum atomic E-state index is 13.7. The summed E-state index contributed by atoms with van der Waals surface area (Å²) >= 11 is 3.39. The molecule has 0 bridgehead atoms. The summed E-state index contributed by atoms with van der Waals surface area (Å²) in [6.45, 7) is 2.81. The van der Waals surface area contributed by atoms with Crippen molar-refractivity contribution in [1.82, 2.24) is 0 Å². The van der Waals surface area contributed by atoms with E-state index < -0.39 is 0 Å². The highest BCUT2D eigenvalue weighted by Crippen LogP contribution is 2.30. The van der Waals surface area contributed by atoms with Crippen molar-refractivity contribution < 1.29 is 4.39 Å². The fourth-order valence-electron chi connectivity index (χ4n) is 2.00. The Kier molecular flexibility index (Phi) is 5.99. The first-order valence-electron chi connectivity index (χ1n) is 5.84. The second-order valence-electron chi connectivity index (χ2n) is 4.08. The summed E-state index contributed by atoms with van der Waals surface area (Å²) in [7, 11) is 0. The number of halogens is 2. The molecule has 0 aliphatic carbocycles. The Labute approximate surface area is 105 Å². The van der Waals surface area contributed by atoms with E-state index in [1.54, 1.807) is 6.07 Å². The molecule has 1 nitrogen and oxygen atoms in total. The topological polar surface area (TPSA) is 26.0 Å². The highest BCUT2D eigenvalue weighted by molar-refractivity contribution is 9.10. The first kappa shape index (κ1) is 13.7. The predicted molar refractivity (Wildman–Crippen MR) is 70.0 cm³/mol. The van der Waals surface area contributed by atoms with Crippen LogP contribution >= 0.6 is 15.9 Å². The van der Waals surface area contributed by atoms with Crippen molar-refractivity contribution in [2.24, 2.45) is 5.73 Å². The van der Waals surface area contributed by atoms with Crippen LogP contribution in [-0.2, 0) is 0 Å².